The van der Waals surface area contributed by atoms with Gasteiger partial charge in [0.25, 0.3) is 0 Å². The molecule has 0 aromatic heterocycles. The molecule has 0 saturated heterocycles. The molecule has 0 saturated carbocycles. The lowest BCUT2D eigenvalue weighted by atomic mass is 10.2. The lowest BCUT2D eigenvalue weighted by Gasteiger charge is -2.29. The Kier molecular flexibility index (Phi) is 5.37. The molecule has 24 heavy (non-hydrogen) atoms. The lowest BCUT2D eigenvalue weighted by Crippen LogP contribution is -2.12. The van der Waals surface area contributed by atoms with Crippen molar-refractivity contribution >= 4 is 23.5 Å². The van der Waals surface area contributed by atoms with Gasteiger partial charge in [0.15, 0.2) is 0 Å². The fourth-order valence-electron chi connectivity index (χ4n) is 2.54. The third-order valence-corrected chi connectivity index (χ3v) is 6.73. The Hall–Kier alpha value is -1.64. The van der Waals surface area contributed by atoms with Gasteiger partial charge in [-0.05, 0) is 50.6 Å². The zero-order valence-corrected chi connectivity index (χ0v) is 16.0. The molecule has 0 bridgehead atoms. The van der Waals surface area contributed by atoms with Gasteiger partial charge in [0.2, 0.25) is 0 Å². The molecule has 0 N–H and O–H groups in total. The zero-order valence-electron chi connectivity index (χ0n) is 14.3. The van der Waals surface area contributed by atoms with Crippen molar-refractivity contribution in [1.82, 2.24) is 0 Å². The predicted molar refractivity (Wildman–Crippen MR) is 108 cm³/mol. The van der Waals surface area contributed by atoms with E-state index in [0.717, 1.165) is 0 Å². The van der Waals surface area contributed by atoms with Crippen LogP contribution in [0.5, 0.6) is 0 Å². The second kappa shape index (κ2) is 7.50. The molecular formula is C22H22S2. The number of hydrogen-bond acceptors (Lipinski definition) is 2. The van der Waals surface area contributed by atoms with Crippen molar-refractivity contribution in [1.29, 1.82) is 0 Å². The minimum Gasteiger partial charge on any atom is -0.103 e. The van der Waals surface area contributed by atoms with Crippen LogP contribution in [0.4, 0.5) is 0 Å². The van der Waals surface area contributed by atoms with Gasteiger partial charge in [-0.1, -0.05) is 65.7 Å². The van der Waals surface area contributed by atoms with Crippen molar-refractivity contribution in [2.24, 2.45) is 0 Å². The molecule has 0 radical (unpaired) electrons. The number of aryl methyl sites for hydroxylation is 2. The van der Waals surface area contributed by atoms with Crippen LogP contribution in [0.1, 0.15) is 23.6 Å². The van der Waals surface area contributed by atoms with Gasteiger partial charge in [0.1, 0.15) is 0 Å². The Labute approximate surface area is 153 Å². The number of hydrogen-bond donors (Lipinski definition) is 0. The lowest BCUT2D eigenvalue weighted by molar-refractivity contribution is 1.00. The number of thioether (sulfide) groups is 2. The summed E-state index contributed by atoms with van der Waals surface area (Å²) in [7, 11) is 0. The molecule has 2 heteroatoms. The molecule has 3 aromatic rings. The Bertz CT molecular complexity index is 727. The van der Waals surface area contributed by atoms with Crippen molar-refractivity contribution < 1.29 is 0 Å². The van der Waals surface area contributed by atoms with Gasteiger partial charge < -0.3 is 0 Å². The summed E-state index contributed by atoms with van der Waals surface area (Å²) in [6, 6.07) is 28.4. The van der Waals surface area contributed by atoms with Crippen molar-refractivity contribution in [3.05, 3.63) is 95.6 Å². The molecule has 0 unspecified atom stereocenters. The smallest absolute Gasteiger partial charge is 0.0924 e. The standard InChI is InChI=1S/C22H22S2/c1-17-9-13-20(14-10-17)23-22(3,19-7-5-4-6-8-19)24-21-15-11-18(2)12-16-21/h4-16H,1-3H3. The van der Waals surface area contributed by atoms with E-state index in [0.29, 0.717) is 0 Å². The molecular weight excluding hydrogens is 328 g/mol. The van der Waals surface area contributed by atoms with Crippen LogP contribution in [0, 0.1) is 13.8 Å². The van der Waals surface area contributed by atoms with Crippen LogP contribution in [-0.4, -0.2) is 0 Å². The molecule has 0 spiro atoms. The molecule has 0 fully saturated rings. The summed E-state index contributed by atoms with van der Waals surface area (Å²) in [6.45, 7) is 6.58. The maximum Gasteiger partial charge on any atom is 0.0924 e. The van der Waals surface area contributed by atoms with Crippen molar-refractivity contribution in [3.63, 3.8) is 0 Å². The van der Waals surface area contributed by atoms with Crippen LogP contribution >= 0.6 is 23.5 Å². The highest BCUT2D eigenvalue weighted by Gasteiger charge is 2.29. The fraction of sp³-hybridized carbons (Fsp3) is 0.182. The van der Waals surface area contributed by atoms with Gasteiger partial charge >= 0.3 is 0 Å². The maximum atomic E-state index is 2.32. The van der Waals surface area contributed by atoms with E-state index in [1.165, 1.54) is 26.5 Å². The SMILES string of the molecule is Cc1ccc(SC(C)(Sc2ccc(C)cc2)c2ccccc2)cc1. The normalized spacial score (nSPS) is 11.5. The summed E-state index contributed by atoms with van der Waals surface area (Å²) in [5, 5.41) is 0. The van der Waals surface area contributed by atoms with Gasteiger partial charge in [-0.25, -0.2) is 0 Å². The van der Waals surface area contributed by atoms with Crippen LogP contribution in [0.15, 0.2) is 88.7 Å². The Morgan fingerprint density at radius 3 is 1.42 bits per heavy atom. The summed E-state index contributed by atoms with van der Waals surface area (Å²) >= 11 is 3.83. The maximum absolute atomic E-state index is 2.32. The summed E-state index contributed by atoms with van der Waals surface area (Å²) in [5.74, 6) is 0. The van der Waals surface area contributed by atoms with Gasteiger partial charge in [-0.2, -0.15) is 0 Å². The molecule has 0 amide bonds. The third kappa shape index (κ3) is 4.25. The van der Waals surface area contributed by atoms with Crippen molar-refractivity contribution in [3.8, 4) is 0 Å². The first-order chi connectivity index (χ1) is 11.5. The van der Waals surface area contributed by atoms with Crippen LogP contribution in [-0.2, 0) is 4.08 Å². The second-order valence-electron chi connectivity index (χ2n) is 6.14. The minimum absolute atomic E-state index is 0.0776. The summed E-state index contributed by atoms with van der Waals surface area (Å²) in [5.41, 5.74) is 3.93. The Morgan fingerprint density at radius 2 is 1.00 bits per heavy atom. The average Bonchev–Trinajstić information content (AvgIpc) is 2.60. The first-order valence-corrected chi connectivity index (χ1v) is 9.75. The molecule has 3 rings (SSSR count). The van der Waals surface area contributed by atoms with Gasteiger partial charge in [0, 0.05) is 9.79 Å². The minimum atomic E-state index is -0.0776. The van der Waals surface area contributed by atoms with Gasteiger partial charge in [-0.3, -0.25) is 0 Å². The van der Waals surface area contributed by atoms with E-state index < -0.39 is 0 Å². The molecule has 0 nitrogen and oxygen atoms in total. The molecule has 122 valence electrons. The summed E-state index contributed by atoms with van der Waals surface area (Å²) in [6.07, 6.45) is 0. The van der Waals surface area contributed by atoms with E-state index >= 15 is 0 Å². The second-order valence-corrected chi connectivity index (χ2v) is 9.38. The van der Waals surface area contributed by atoms with E-state index in [2.05, 4.69) is 99.6 Å². The molecule has 0 aliphatic heterocycles. The van der Waals surface area contributed by atoms with E-state index in [1.54, 1.807) is 0 Å². The topological polar surface area (TPSA) is 0 Å². The van der Waals surface area contributed by atoms with Crippen LogP contribution in [0.2, 0.25) is 0 Å². The molecule has 0 atom stereocenters. The number of rotatable bonds is 5. The van der Waals surface area contributed by atoms with E-state index in [1.807, 2.05) is 23.5 Å². The predicted octanol–water partition coefficient (Wildman–Crippen LogP) is 7.06. The first kappa shape index (κ1) is 17.2. The largest absolute Gasteiger partial charge is 0.103 e. The average molecular weight is 351 g/mol. The third-order valence-electron chi connectivity index (χ3n) is 3.97. The quantitative estimate of drug-likeness (QED) is 0.357. The number of benzene rings is 3. The Morgan fingerprint density at radius 1 is 0.583 bits per heavy atom. The highest BCUT2D eigenvalue weighted by Crippen LogP contribution is 2.52. The van der Waals surface area contributed by atoms with Gasteiger partial charge in [0.05, 0.1) is 4.08 Å². The van der Waals surface area contributed by atoms with E-state index in [4.69, 9.17) is 0 Å². The van der Waals surface area contributed by atoms with E-state index in [-0.39, 0.29) is 4.08 Å². The van der Waals surface area contributed by atoms with Crippen LogP contribution in [0.25, 0.3) is 0 Å². The first-order valence-electron chi connectivity index (χ1n) is 8.12. The molecule has 0 aliphatic rings. The summed E-state index contributed by atoms with van der Waals surface area (Å²) in [4.78, 5) is 2.60. The van der Waals surface area contributed by atoms with Gasteiger partial charge in [-0.15, -0.1) is 23.5 Å². The molecule has 0 aliphatic carbocycles. The highest BCUT2D eigenvalue weighted by molar-refractivity contribution is 8.17. The summed E-state index contributed by atoms with van der Waals surface area (Å²) < 4.78 is -0.0776. The fourth-order valence-corrected chi connectivity index (χ4v) is 5.24. The van der Waals surface area contributed by atoms with Crippen LogP contribution < -0.4 is 0 Å². The zero-order chi connectivity index (χ0) is 17.0. The molecule has 0 heterocycles. The highest BCUT2D eigenvalue weighted by atomic mass is 32.2. The Balaban J connectivity index is 1.94. The van der Waals surface area contributed by atoms with Crippen molar-refractivity contribution in [2.45, 2.75) is 34.6 Å². The molecule has 3 aromatic carbocycles. The van der Waals surface area contributed by atoms with Crippen molar-refractivity contribution in [2.75, 3.05) is 0 Å². The van der Waals surface area contributed by atoms with Crippen LogP contribution in [0.3, 0.4) is 0 Å². The van der Waals surface area contributed by atoms with E-state index in [9.17, 15) is 0 Å². The monoisotopic (exact) mass is 350 g/mol.